The minimum atomic E-state index is 0. The lowest BCUT2D eigenvalue weighted by atomic mass is 10.0. The SMILES string of the molecule is CCCOc1ccc(C(=O)N2CCCCC2CN)cc1OCC.Cl. The molecule has 24 heavy (non-hydrogen) atoms. The van der Waals surface area contributed by atoms with Gasteiger partial charge in [0.15, 0.2) is 11.5 Å². The zero-order valence-corrected chi connectivity index (χ0v) is 15.4. The number of benzene rings is 1. The van der Waals surface area contributed by atoms with E-state index < -0.39 is 0 Å². The third kappa shape index (κ3) is 5.02. The van der Waals surface area contributed by atoms with Crippen molar-refractivity contribution in [3.8, 4) is 11.5 Å². The van der Waals surface area contributed by atoms with E-state index in [0.717, 1.165) is 32.2 Å². The highest BCUT2D eigenvalue weighted by Crippen LogP contribution is 2.30. The van der Waals surface area contributed by atoms with E-state index in [1.165, 1.54) is 0 Å². The number of carbonyl (C=O) groups excluding carboxylic acids is 1. The second kappa shape index (κ2) is 10.4. The number of hydrogen-bond donors (Lipinski definition) is 1. The summed E-state index contributed by atoms with van der Waals surface area (Å²) in [6.07, 6.45) is 4.09. The molecule has 0 saturated carbocycles. The van der Waals surface area contributed by atoms with Crippen LogP contribution in [0.1, 0.15) is 49.9 Å². The van der Waals surface area contributed by atoms with Crippen LogP contribution in [0.2, 0.25) is 0 Å². The second-order valence-corrected chi connectivity index (χ2v) is 5.83. The predicted octanol–water partition coefficient (Wildman–Crippen LogP) is 3.25. The Bertz CT molecular complexity index is 525. The summed E-state index contributed by atoms with van der Waals surface area (Å²) in [5.74, 6) is 1.36. The molecule has 1 fully saturated rings. The van der Waals surface area contributed by atoms with Gasteiger partial charge in [-0.15, -0.1) is 12.4 Å². The van der Waals surface area contributed by atoms with Crippen LogP contribution in [0, 0.1) is 0 Å². The van der Waals surface area contributed by atoms with E-state index in [2.05, 4.69) is 6.92 Å². The highest BCUT2D eigenvalue weighted by atomic mass is 35.5. The maximum absolute atomic E-state index is 12.8. The Kier molecular flexibility index (Phi) is 8.93. The highest BCUT2D eigenvalue weighted by Gasteiger charge is 2.27. The fourth-order valence-corrected chi connectivity index (χ4v) is 2.92. The molecule has 0 radical (unpaired) electrons. The predicted molar refractivity (Wildman–Crippen MR) is 98.4 cm³/mol. The van der Waals surface area contributed by atoms with Gasteiger partial charge in [-0.05, 0) is 50.8 Å². The van der Waals surface area contributed by atoms with E-state index in [1.807, 2.05) is 24.0 Å². The van der Waals surface area contributed by atoms with Crippen LogP contribution in [-0.4, -0.2) is 43.2 Å². The second-order valence-electron chi connectivity index (χ2n) is 5.83. The van der Waals surface area contributed by atoms with Crippen LogP contribution in [-0.2, 0) is 0 Å². The molecule has 5 nitrogen and oxygen atoms in total. The Balaban J connectivity index is 0.00000288. The Hall–Kier alpha value is -1.46. The smallest absolute Gasteiger partial charge is 0.254 e. The third-order valence-electron chi connectivity index (χ3n) is 4.11. The van der Waals surface area contributed by atoms with E-state index in [9.17, 15) is 4.79 Å². The van der Waals surface area contributed by atoms with Crippen molar-refractivity contribution in [3.05, 3.63) is 23.8 Å². The molecule has 2 N–H and O–H groups in total. The van der Waals surface area contributed by atoms with Gasteiger partial charge >= 0.3 is 0 Å². The molecule has 1 saturated heterocycles. The molecule has 0 spiro atoms. The lowest BCUT2D eigenvalue weighted by Crippen LogP contribution is -2.47. The molecule has 0 bridgehead atoms. The van der Waals surface area contributed by atoms with Crippen molar-refractivity contribution in [2.75, 3.05) is 26.3 Å². The highest BCUT2D eigenvalue weighted by molar-refractivity contribution is 5.95. The maximum Gasteiger partial charge on any atom is 0.254 e. The molecule has 0 aliphatic carbocycles. The molecule has 1 amide bonds. The maximum atomic E-state index is 12.8. The molecule has 6 heteroatoms. The summed E-state index contributed by atoms with van der Waals surface area (Å²) in [7, 11) is 0. The van der Waals surface area contributed by atoms with Gasteiger partial charge < -0.3 is 20.1 Å². The molecule has 1 aromatic rings. The van der Waals surface area contributed by atoms with Crippen LogP contribution in [0.4, 0.5) is 0 Å². The van der Waals surface area contributed by atoms with E-state index in [4.69, 9.17) is 15.2 Å². The van der Waals surface area contributed by atoms with Gasteiger partial charge in [-0.3, -0.25) is 4.79 Å². The monoisotopic (exact) mass is 356 g/mol. The quantitative estimate of drug-likeness (QED) is 0.814. The standard InChI is InChI=1S/C18H28N2O3.ClH/c1-3-11-23-16-9-8-14(12-17(16)22-4-2)18(21)20-10-6-5-7-15(20)13-19;/h8-9,12,15H,3-7,10-11,13,19H2,1-2H3;1H. The van der Waals surface area contributed by atoms with Crippen molar-refractivity contribution in [2.24, 2.45) is 5.73 Å². The molecular weight excluding hydrogens is 328 g/mol. The van der Waals surface area contributed by atoms with Crippen molar-refractivity contribution in [3.63, 3.8) is 0 Å². The van der Waals surface area contributed by atoms with Crippen molar-refractivity contribution in [1.29, 1.82) is 0 Å². The van der Waals surface area contributed by atoms with Gasteiger partial charge in [-0.2, -0.15) is 0 Å². The molecule has 1 atom stereocenters. The largest absolute Gasteiger partial charge is 0.490 e. The molecule has 0 aromatic heterocycles. The fourth-order valence-electron chi connectivity index (χ4n) is 2.92. The number of nitrogens with zero attached hydrogens (tertiary/aromatic N) is 1. The first-order chi connectivity index (χ1) is 11.2. The van der Waals surface area contributed by atoms with Crippen LogP contribution in [0.15, 0.2) is 18.2 Å². The number of rotatable bonds is 7. The Morgan fingerprint density at radius 1 is 1.25 bits per heavy atom. The molecule has 1 aliphatic rings. The molecule has 1 aliphatic heterocycles. The first-order valence-corrected chi connectivity index (χ1v) is 8.61. The molecule has 1 unspecified atom stereocenters. The molecular formula is C18H29ClN2O3. The lowest BCUT2D eigenvalue weighted by molar-refractivity contribution is 0.0623. The molecule has 136 valence electrons. The van der Waals surface area contributed by atoms with E-state index >= 15 is 0 Å². The van der Waals surface area contributed by atoms with Gasteiger partial charge in [0.2, 0.25) is 0 Å². The lowest BCUT2D eigenvalue weighted by Gasteiger charge is -2.35. The zero-order valence-electron chi connectivity index (χ0n) is 14.6. The van der Waals surface area contributed by atoms with Gasteiger partial charge in [0.1, 0.15) is 0 Å². The van der Waals surface area contributed by atoms with E-state index in [1.54, 1.807) is 6.07 Å². The third-order valence-corrected chi connectivity index (χ3v) is 4.11. The average molecular weight is 357 g/mol. The van der Waals surface area contributed by atoms with Gasteiger partial charge in [-0.25, -0.2) is 0 Å². The minimum absolute atomic E-state index is 0. The summed E-state index contributed by atoms with van der Waals surface area (Å²) in [6.45, 7) is 6.44. The summed E-state index contributed by atoms with van der Waals surface area (Å²) < 4.78 is 11.3. The normalized spacial score (nSPS) is 17.1. The molecule has 2 rings (SSSR count). The number of nitrogens with two attached hydrogens (primary N) is 1. The molecule has 1 heterocycles. The minimum Gasteiger partial charge on any atom is -0.490 e. The summed E-state index contributed by atoms with van der Waals surface area (Å²) in [5.41, 5.74) is 6.46. The van der Waals surface area contributed by atoms with Crippen LogP contribution in [0.5, 0.6) is 11.5 Å². The van der Waals surface area contributed by atoms with E-state index in [-0.39, 0.29) is 24.4 Å². The van der Waals surface area contributed by atoms with Crippen molar-refractivity contribution >= 4 is 18.3 Å². The topological polar surface area (TPSA) is 64.8 Å². The Morgan fingerprint density at radius 3 is 2.71 bits per heavy atom. The van der Waals surface area contributed by atoms with Crippen molar-refractivity contribution < 1.29 is 14.3 Å². The van der Waals surface area contributed by atoms with Crippen molar-refractivity contribution in [2.45, 2.75) is 45.6 Å². The van der Waals surface area contributed by atoms with E-state index in [0.29, 0.717) is 36.8 Å². The number of piperidine rings is 1. The molecule has 1 aromatic carbocycles. The zero-order chi connectivity index (χ0) is 16.7. The van der Waals surface area contributed by atoms with Gasteiger partial charge in [-0.1, -0.05) is 6.92 Å². The van der Waals surface area contributed by atoms with Crippen LogP contribution < -0.4 is 15.2 Å². The summed E-state index contributed by atoms with van der Waals surface area (Å²) in [5, 5.41) is 0. The Morgan fingerprint density at radius 2 is 2.04 bits per heavy atom. The van der Waals surface area contributed by atoms with Gasteiger partial charge in [0.25, 0.3) is 5.91 Å². The van der Waals surface area contributed by atoms with Crippen LogP contribution >= 0.6 is 12.4 Å². The number of halogens is 1. The average Bonchev–Trinajstić information content (AvgIpc) is 2.60. The van der Waals surface area contributed by atoms with Gasteiger partial charge in [0.05, 0.1) is 13.2 Å². The fraction of sp³-hybridized carbons (Fsp3) is 0.611. The summed E-state index contributed by atoms with van der Waals surface area (Å²) in [4.78, 5) is 14.7. The number of amides is 1. The summed E-state index contributed by atoms with van der Waals surface area (Å²) >= 11 is 0. The Labute approximate surface area is 150 Å². The van der Waals surface area contributed by atoms with Crippen LogP contribution in [0.3, 0.4) is 0 Å². The van der Waals surface area contributed by atoms with Crippen LogP contribution in [0.25, 0.3) is 0 Å². The first kappa shape index (κ1) is 20.6. The van der Waals surface area contributed by atoms with Gasteiger partial charge in [0, 0.05) is 24.7 Å². The number of likely N-dealkylation sites (tertiary alicyclic amines) is 1. The number of ether oxygens (including phenoxy) is 2. The first-order valence-electron chi connectivity index (χ1n) is 8.61. The summed E-state index contributed by atoms with van der Waals surface area (Å²) in [6, 6.07) is 5.58. The number of hydrogen-bond acceptors (Lipinski definition) is 4. The van der Waals surface area contributed by atoms with Crippen molar-refractivity contribution in [1.82, 2.24) is 4.90 Å². The number of carbonyl (C=O) groups is 1.